The van der Waals surface area contributed by atoms with Crippen LogP contribution in [0.4, 0.5) is 0 Å². The third kappa shape index (κ3) is 3.95. The Bertz CT molecular complexity index is 300. The van der Waals surface area contributed by atoms with E-state index in [1.807, 2.05) is 7.05 Å². The van der Waals surface area contributed by atoms with E-state index in [0.29, 0.717) is 0 Å². The summed E-state index contributed by atoms with van der Waals surface area (Å²) in [7, 11) is 4.20. The number of benzene rings is 1. The molecule has 16 heavy (non-hydrogen) atoms. The second-order valence-electron chi connectivity index (χ2n) is 4.57. The minimum absolute atomic E-state index is 1.06. The molecular weight excluding hydrogens is 196 g/mol. The molecule has 0 aliphatic rings. The first-order valence-electron chi connectivity index (χ1n) is 6.03. The fourth-order valence-corrected chi connectivity index (χ4v) is 1.97. The van der Waals surface area contributed by atoms with E-state index >= 15 is 0 Å². The van der Waals surface area contributed by atoms with Crippen molar-refractivity contribution in [1.29, 1.82) is 0 Å². The average Bonchev–Trinajstić information content (AvgIpc) is 2.24. The zero-order chi connectivity index (χ0) is 12.0. The lowest BCUT2D eigenvalue weighted by atomic mass is 10.0. The molecule has 90 valence electrons. The molecule has 0 unspecified atom stereocenters. The third-order valence-electron chi connectivity index (χ3n) is 3.04. The Morgan fingerprint density at radius 2 is 1.81 bits per heavy atom. The molecule has 0 saturated carbocycles. The van der Waals surface area contributed by atoms with Crippen LogP contribution in [0, 0.1) is 13.8 Å². The lowest BCUT2D eigenvalue weighted by molar-refractivity contribution is 0.320. The van der Waals surface area contributed by atoms with E-state index in [-0.39, 0.29) is 0 Å². The summed E-state index contributed by atoms with van der Waals surface area (Å²) in [5.74, 6) is 0. The summed E-state index contributed by atoms with van der Waals surface area (Å²) in [6.07, 6.45) is 1.21. The Kier molecular flexibility index (Phi) is 5.50. The Morgan fingerprint density at radius 1 is 1.19 bits per heavy atom. The summed E-state index contributed by atoms with van der Waals surface area (Å²) in [5, 5.41) is 3.18. The molecule has 0 heterocycles. The van der Waals surface area contributed by atoms with Crippen LogP contribution >= 0.6 is 0 Å². The van der Waals surface area contributed by atoms with Gasteiger partial charge in [-0.2, -0.15) is 0 Å². The van der Waals surface area contributed by atoms with Gasteiger partial charge in [-0.25, -0.2) is 0 Å². The molecule has 0 spiro atoms. The van der Waals surface area contributed by atoms with Crippen molar-refractivity contribution in [3.63, 3.8) is 0 Å². The van der Waals surface area contributed by atoms with E-state index in [1.54, 1.807) is 0 Å². The first-order chi connectivity index (χ1) is 7.65. The normalized spacial score (nSPS) is 11.1. The van der Waals surface area contributed by atoms with Crippen LogP contribution in [0.1, 0.15) is 23.1 Å². The summed E-state index contributed by atoms with van der Waals surface area (Å²) in [6.45, 7) is 7.70. The minimum Gasteiger partial charge on any atom is -0.320 e. The SMILES string of the molecule is CNCCCN(C)Cc1c(C)cccc1C. The van der Waals surface area contributed by atoms with Crippen LogP contribution in [0.3, 0.4) is 0 Å². The Labute approximate surface area is 99.7 Å². The number of hydrogen-bond donors (Lipinski definition) is 1. The van der Waals surface area contributed by atoms with Gasteiger partial charge in [-0.15, -0.1) is 0 Å². The summed E-state index contributed by atoms with van der Waals surface area (Å²) < 4.78 is 0. The van der Waals surface area contributed by atoms with Crippen LogP contribution in [0.5, 0.6) is 0 Å². The molecule has 0 radical (unpaired) electrons. The van der Waals surface area contributed by atoms with Crippen LogP contribution in [-0.4, -0.2) is 32.1 Å². The van der Waals surface area contributed by atoms with E-state index in [9.17, 15) is 0 Å². The molecule has 0 saturated heterocycles. The van der Waals surface area contributed by atoms with Crippen LogP contribution < -0.4 is 5.32 Å². The average molecular weight is 220 g/mol. The first-order valence-corrected chi connectivity index (χ1v) is 6.03. The quantitative estimate of drug-likeness (QED) is 0.740. The minimum atomic E-state index is 1.06. The molecule has 0 aliphatic heterocycles. The molecule has 0 aromatic heterocycles. The molecule has 0 amide bonds. The van der Waals surface area contributed by atoms with Gasteiger partial charge < -0.3 is 10.2 Å². The van der Waals surface area contributed by atoms with Gasteiger partial charge in [-0.3, -0.25) is 0 Å². The zero-order valence-corrected chi connectivity index (χ0v) is 11.0. The van der Waals surface area contributed by atoms with Crippen molar-refractivity contribution in [2.45, 2.75) is 26.8 Å². The molecule has 0 aliphatic carbocycles. The third-order valence-corrected chi connectivity index (χ3v) is 3.04. The Hall–Kier alpha value is -0.860. The van der Waals surface area contributed by atoms with Crippen LogP contribution in [-0.2, 0) is 6.54 Å². The van der Waals surface area contributed by atoms with Gasteiger partial charge in [0.05, 0.1) is 0 Å². The van der Waals surface area contributed by atoms with Gasteiger partial charge in [0.25, 0.3) is 0 Å². The standard InChI is InChI=1S/C14H24N2/c1-12-7-5-8-13(2)14(12)11-16(4)10-6-9-15-3/h5,7-8,15H,6,9-11H2,1-4H3. The van der Waals surface area contributed by atoms with Crippen LogP contribution in [0.25, 0.3) is 0 Å². The molecule has 0 fully saturated rings. The van der Waals surface area contributed by atoms with E-state index in [2.05, 4.69) is 49.3 Å². The highest BCUT2D eigenvalue weighted by Crippen LogP contribution is 2.15. The van der Waals surface area contributed by atoms with Crippen molar-refractivity contribution in [2.75, 3.05) is 27.2 Å². The second-order valence-corrected chi connectivity index (χ2v) is 4.57. The Balaban J connectivity index is 2.52. The maximum absolute atomic E-state index is 3.18. The summed E-state index contributed by atoms with van der Waals surface area (Å²) >= 11 is 0. The molecule has 2 heteroatoms. The maximum Gasteiger partial charge on any atom is 0.0235 e. The van der Waals surface area contributed by atoms with Gasteiger partial charge in [0.1, 0.15) is 0 Å². The molecule has 1 N–H and O–H groups in total. The van der Waals surface area contributed by atoms with Crippen molar-refractivity contribution in [3.05, 3.63) is 34.9 Å². The van der Waals surface area contributed by atoms with E-state index in [1.165, 1.54) is 23.1 Å². The van der Waals surface area contributed by atoms with Crippen molar-refractivity contribution >= 4 is 0 Å². The predicted molar refractivity (Wildman–Crippen MR) is 70.8 cm³/mol. The highest BCUT2D eigenvalue weighted by atomic mass is 15.1. The molecule has 1 aromatic carbocycles. The van der Waals surface area contributed by atoms with Crippen molar-refractivity contribution in [2.24, 2.45) is 0 Å². The number of aryl methyl sites for hydroxylation is 2. The van der Waals surface area contributed by atoms with Crippen LogP contribution in [0.15, 0.2) is 18.2 Å². The van der Waals surface area contributed by atoms with Crippen molar-refractivity contribution in [3.8, 4) is 0 Å². The highest BCUT2D eigenvalue weighted by molar-refractivity contribution is 5.33. The highest BCUT2D eigenvalue weighted by Gasteiger charge is 2.05. The molecule has 1 aromatic rings. The van der Waals surface area contributed by atoms with Gasteiger partial charge in [0.15, 0.2) is 0 Å². The largest absolute Gasteiger partial charge is 0.320 e. The summed E-state index contributed by atoms with van der Waals surface area (Å²) in [5.41, 5.74) is 4.29. The molecular formula is C14H24N2. The Morgan fingerprint density at radius 3 is 2.38 bits per heavy atom. The predicted octanol–water partition coefficient (Wildman–Crippen LogP) is 2.34. The van der Waals surface area contributed by atoms with E-state index in [4.69, 9.17) is 0 Å². The fourth-order valence-electron chi connectivity index (χ4n) is 1.97. The number of rotatable bonds is 6. The lowest BCUT2D eigenvalue weighted by Gasteiger charge is -2.19. The maximum atomic E-state index is 3.18. The van der Waals surface area contributed by atoms with Gasteiger partial charge >= 0.3 is 0 Å². The number of nitrogens with zero attached hydrogens (tertiary/aromatic N) is 1. The van der Waals surface area contributed by atoms with Crippen molar-refractivity contribution < 1.29 is 0 Å². The number of nitrogens with one attached hydrogen (secondary N) is 1. The fraction of sp³-hybridized carbons (Fsp3) is 0.571. The van der Waals surface area contributed by atoms with Gasteiger partial charge in [-0.1, -0.05) is 18.2 Å². The van der Waals surface area contributed by atoms with Gasteiger partial charge in [-0.05, 0) is 64.1 Å². The zero-order valence-electron chi connectivity index (χ0n) is 11.0. The lowest BCUT2D eigenvalue weighted by Crippen LogP contribution is -2.23. The topological polar surface area (TPSA) is 15.3 Å². The monoisotopic (exact) mass is 220 g/mol. The van der Waals surface area contributed by atoms with E-state index in [0.717, 1.165) is 19.6 Å². The molecule has 1 rings (SSSR count). The first kappa shape index (κ1) is 13.2. The van der Waals surface area contributed by atoms with Gasteiger partial charge in [0.2, 0.25) is 0 Å². The molecule has 0 atom stereocenters. The van der Waals surface area contributed by atoms with Crippen molar-refractivity contribution in [1.82, 2.24) is 10.2 Å². The smallest absolute Gasteiger partial charge is 0.0235 e. The summed E-state index contributed by atoms with van der Waals surface area (Å²) in [4.78, 5) is 2.40. The summed E-state index contributed by atoms with van der Waals surface area (Å²) in [6, 6.07) is 6.53. The van der Waals surface area contributed by atoms with E-state index < -0.39 is 0 Å². The van der Waals surface area contributed by atoms with Crippen LogP contribution in [0.2, 0.25) is 0 Å². The molecule has 0 bridgehead atoms. The molecule has 2 nitrogen and oxygen atoms in total. The van der Waals surface area contributed by atoms with Gasteiger partial charge in [0, 0.05) is 6.54 Å². The second kappa shape index (κ2) is 6.66. The number of hydrogen-bond acceptors (Lipinski definition) is 2.